The number of carboxylic acids is 1. The number of carboxylic acid groups (broad SMARTS) is 1. The Morgan fingerprint density at radius 3 is 2.69 bits per heavy atom. The van der Waals surface area contributed by atoms with E-state index in [2.05, 4.69) is 4.98 Å². The predicted octanol–water partition coefficient (Wildman–Crippen LogP) is 3.62. The maximum Gasteiger partial charge on any atom is 0.311 e. The number of carbonyl (C=O) groups excluding carboxylic acids is 1. The maximum atomic E-state index is 12.8. The molecule has 0 saturated carbocycles. The van der Waals surface area contributed by atoms with Crippen LogP contribution >= 0.6 is 22.9 Å². The number of carbonyl (C=O) groups is 2. The second-order valence-electron chi connectivity index (χ2n) is 6.61. The van der Waals surface area contributed by atoms with Crippen LogP contribution in [0.5, 0.6) is 5.75 Å². The molecule has 1 fully saturated rings. The minimum absolute atomic E-state index is 0.164. The molecule has 0 bridgehead atoms. The molecule has 8 heteroatoms. The lowest BCUT2D eigenvalue weighted by Crippen LogP contribution is -2.34. The Kier molecular flexibility index (Phi) is 5.20. The monoisotopic (exact) mass is 394 g/mol. The minimum Gasteiger partial charge on any atom is -0.486 e. The van der Waals surface area contributed by atoms with Crippen molar-refractivity contribution in [2.75, 3.05) is 13.1 Å². The topological polar surface area (TPSA) is 79.7 Å². The number of hydrogen-bond donors (Lipinski definition) is 1. The molecule has 1 aliphatic rings. The van der Waals surface area contributed by atoms with Crippen molar-refractivity contribution in [3.05, 3.63) is 44.9 Å². The molecule has 1 unspecified atom stereocenters. The van der Waals surface area contributed by atoms with Crippen molar-refractivity contribution in [2.45, 2.75) is 26.9 Å². The molecule has 1 aliphatic heterocycles. The van der Waals surface area contributed by atoms with E-state index in [0.29, 0.717) is 39.3 Å². The molecule has 0 spiro atoms. The van der Waals surface area contributed by atoms with E-state index < -0.39 is 11.4 Å². The van der Waals surface area contributed by atoms with Crippen molar-refractivity contribution < 1.29 is 19.4 Å². The van der Waals surface area contributed by atoms with Gasteiger partial charge in [-0.1, -0.05) is 11.6 Å². The van der Waals surface area contributed by atoms with Crippen molar-refractivity contribution in [1.82, 2.24) is 9.88 Å². The van der Waals surface area contributed by atoms with Gasteiger partial charge in [-0.2, -0.15) is 0 Å². The first-order chi connectivity index (χ1) is 12.3. The Morgan fingerprint density at radius 2 is 2.08 bits per heavy atom. The van der Waals surface area contributed by atoms with Gasteiger partial charge in [0, 0.05) is 18.1 Å². The summed E-state index contributed by atoms with van der Waals surface area (Å²) in [7, 11) is 0. The Morgan fingerprint density at radius 1 is 1.38 bits per heavy atom. The van der Waals surface area contributed by atoms with E-state index in [0.717, 1.165) is 0 Å². The van der Waals surface area contributed by atoms with E-state index in [1.54, 1.807) is 43.0 Å². The molecule has 1 atom stereocenters. The van der Waals surface area contributed by atoms with Crippen LogP contribution in [0.1, 0.15) is 33.7 Å². The van der Waals surface area contributed by atoms with Crippen LogP contribution in [0.4, 0.5) is 0 Å². The third-order valence-electron chi connectivity index (χ3n) is 4.49. The lowest BCUT2D eigenvalue weighted by molar-refractivity contribution is -0.147. The van der Waals surface area contributed by atoms with Gasteiger partial charge in [-0.3, -0.25) is 9.59 Å². The second kappa shape index (κ2) is 7.25. The van der Waals surface area contributed by atoms with Crippen LogP contribution in [0.3, 0.4) is 0 Å². The van der Waals surface area contributed by atoms with Crippen molar-refractivity contribution in [1.29, 1.82) is 0 Å². The van der Waals surface area contributed by atoms with Gasteiger partial charge in [-0.25, -0.2) is 4.98 Å². The standard InChI is InChI=1S/C18H19ClN2O4S/c1-11-15(16(22)21-8-7-18(2,10-21)17(23)24)26-14(20-11)9-25-13-5-3-12(19)4-6-13/h3-6H,7-10H2,1-2H3,(H,23,24). The van der Waals surface area contributed by atoms with Gasteiger partial charge in [0.2, 0.25) is 0 Å². The van der Waals surface area contributed by atoms with Gasteiger partial charge in [0.05, 0.1) is 11.1 Å². The molecule has 1 saturated heterocycles. The molecule has 1 N–H and O–H groups in total. The predicted molar refractivity (Wildman–Crippen MR) is 98.9 cm³/mol. The molecule has 6 nitrogen and oxygen atoms in total. The number of aliphatic carboxylic acids is 1. The number of nitrogens with zero attached hydrogens (tertiary/aromatic N) is 2. The Labute approximate surface area is 160 Å². The van der Waals surface area contributed by atoms with Crippen LogP contribution in [-0.4, -0.2) is 40.0 Å². The number of thiazole rings is 1. The highest BCUT2D eigenvalue weighted by Crippen LogP contribution is 2.32. The molecule has 0 aliphatic carbocycles. The summed E-state index contributed by atoms with van der Waals surface area (Å²) in [5, 5.41) is 10.7. The number of likely N-dealkylation sites (tertiary alicyclic amines) is 1. The number of hydrogen-bond acceptors (Lipinski definition) is 5. The number of aromatic nitrogens is 1. The van der Waals surface area contributed by atoms with Gasteiger partial charge in [0.15, 0.2) is 0 Å². The quantitative estimate of drug-likeness (QED) is 0.837. The zero-order valence-electron chi connectivity index (χ0n) is 14.5. The molecule has 0 radical (unpaired) electrons. The van der Waals surface area contributed by atoms with Crippen LogP contribution in [-0.2, 0) is 11.4 Å². The smallest absolute Gasteiger partial charge is 0.311 e. The van der Waals surface area contributed by atoms with Crippen LogP contribution < -0.4 is 4.74 Å². The molecule has 1 aromatic carbocycles. The molecule has 26 heavy (non-hydrogen) atoms. The zero-order chi connectivity index (χ0) is 18.9. The van der Waals surface area contributed by atoms with Gasteiger partial charge in [-0.05, 0) is 44.5 Å². The highest BCUT2D eigenvalue weighted by Gasteiger charge is 2.42. The van der Waals surface area contributed by atoms with Crippen molar-refractivity contribution >= 4 is 34.8 Å². The fraction of sp³-hybridized carbons (Fsp3) is 0.389. The number of aryl methyl sites for hydroxylation is 1. The largest absolute Gasteiger partial charge is 0.486 e. The molecular formula is C18H19ClN2O4S. The lowest BCUT2D eigenvalue weighted by Gasteiger charge is -2.19. The normalized spacial score (nSPS) is 19.6. The van der Waals surface area contributed by atoms with Gasteiger partial charge >= 0.3 is 5.97 Å². The van der Waals surface area contributed by atoms with Gasteiger partial charge in [0.1, 0.15) is 22.2 Å². The van der Waals surface area contributed by atoms with E-state index in [4.69, 9.17) is 16.3 Å². The molecule has 138 valence electrons. The number of ether oxygens (including phenoxy) is 1. The summed E-state index contributed by atoms with van der Waals surface area (Å²) in [6.07, 6.45) is 0.457. The van der Waals surface area contributed by atoms with E-state index in [9.17, 15) is 14.7 Å². The average molecular weight is 395 g/mol. The molecule has 2 heterocycles. The van der Waals surface area contributed by atoms with Crippen LogP contribution in [0, 0.1) is 12.3 Å². The second-order valence-corrected chi connectivity index (χ2v) is 8.13. The molecular weight excluding hydrogens is 376 g/mol. The average Bonchev–Trinajstić information content (AvgIpc) is 3.18. The Bertz CT molecular complexity index is 836. The van der Waals surface area contributed by atoms with Gasteiger partial charge in [-0.15, -0.1) is 11.3 Å². The first-order valence-electron chi connectivity index (χ1n) is 8.16. The van der Waals surface area contributed by atoms with Crippen molar-refractivity contribution in [2.24, 2.45) is 5.41 Å². The zero-order valence-corrected chi connectivity index (χ0v) is 16.1. The number of halogens is 1. The van der Waals surface area contributed by atoms with Crippen LogP contribution in [0.15, 0.2) is 24.3 Å². The lowest BCUT2D eigenvalue weighted by atomic mass is 9.90. The molecule has 1 aromatic heterocycles. The summed E-state index contributed by atoms with van der Waals surface area (Å²) in [4.78, 5) is 30.7. The molecule has 2 aromatic rings. The number of benzene rings is 1. The summed E-state index contributed by atoms with van der Waals surface area (Å²) in [5.41, 5.74) is -0.243. The van der Waals surface area contributed by atoms with Gasteiger partial charge < -0.3 is 14.7 Å². The number of amides is 1. The SMILES string of the molecule is Cc1nc(COc2ccc(Cl)cc2)sc1C(=O)N1CCC(C)(C(=O)O)C1. The third kappa shape index (κ3) is 3.83. The highest BCUT2D eigenvalue weighted by molar-refractivity contribution is 7.13. The summed E-state index contributed by atoms with van der Waals surface area (Å²) < 4.78 is 5.67. The van der Waals surface area contributed by atoms with Crippen molar-refractivity contribution in [3.63, 3.8) is 0 Å². The maximum absolute atomic E-state index is 12.8. The fourth-order valence-electron chi connectivity index (χ4n) is 2.84. The van der Waals surface area contributed by atoms with Crippen LogP contribution in [0.2, 0.25) is 5.02 Å². The molecule has 1 amide bonds. The summed E-state index contributed by atoms with van der Waals surface area (Å²) in [5.74, 6) is -0.361. The first-order valence-corrected chi connectivity index (χ1v) is 9.35. The Balaban J connectivity index is 1.67. The summed E-state index contributed by atoms with van der Waals surface area (Å²) in [6, 6.07) is 7.02. The van der Waals surface area contributed by atoms with Crippen LogP contribution in [0.25, 0.3) is 0 Å². The summed E-state index contributed by atoms with van der Waals surface area (Å²) >= 11 is 7.13. The van der Waals surface area contributed by atoms with E-state index in [-0.39, 0.29) is 19.1 Å². The summed E-state index contributed by atoms with van der Waals surface area (Å²) in [6.45, 7) is 4.37. The number of rotatable bonds is 5. The van der Waals surface area contributed by atoms with E-state index in [1.165, 1.54) is 11.3 Å². The fourth-order valence-corrected chi connectivity index (χ4v) is 3.91. The third-order valence-corrected chi connectivity index (χ3v) is 5.86. The van der Waals surface area contributed by atoms with Gasteiger partial charge in [0.25, 0.3) is 5.91 Å². The first kappa shape index (κ1) is 18.7. The van der Waals surface area contributed by atoms with Crippen molar-refractivity contribution in [3.8, 4) is 5.75 Å². The van der Waals surface area contributed by atoms with E-state index >= 15 is 0 Å². The molecule has 3 rings (SSSR count). The minimum atomic E-state index is -0.880. The highest BCUT2D eigenvalue weighted by atomic mass is 35.5. The van der Waals surface area contributed by atoms with E-state index in [1.807, 2.05) is 0 Å². The Hall–Kier alpha value is -2.12.